The molecule has 7 heteroatoms. The Hall–Kier alpha value is -2.57. The molecule has 0 bridgehead atoms. The van der Waals surface area contributed by atoms with Crippen LogP contribution in [0.25, 0.3) is 0 Å². The molecule has 7 nitrogen and oxygen atoms in total. The van der Waals surface area contributed by atoms with Gasteiger partial charge in [-0.25, -0.2) is 4.79 Å². The number of benzene rings is 1. The van der Waals surface area contributed by atoms with Crippen LogP contribution in [0, 0.1) is 5.92 Å². The van der Waals surface area contributed by atoms with Crippen LogP contribution in [0.15, 0.2) is 24.3 Å². The highest BCUT2D eigenvalue weighted by Crippen LogP contribution is 2.21. The number of nitrogens with zero attached hydrogens (tertiary/aromatic N) is 1. The Balaban J connectivity index is 2.12. The summed E-state index contributed by atoms with van der Waals surface area (Å²) in [5.41, 5.74) is 1.11. The summed E-state index contributed by atoms with van der Waals surface area (Å²) in [6.45, 7) is 2.45. The van der Waals surface area contributed by atoms with Crippen LogP contribution in [0.5, 0.6) is 0 Å². The number of carbonyl (C=O) groups is 3. The van der Waals surface area contributed by atoms with Crippen molar-refractivity contribution in [1.82, 2.24) is 5.32 Å². The van der Waals surface area contributed by atoms with E-state index in [1.165, 1.54) is 6.92 Å². The van der Waals surface area contributed by atoms with Crippen molar-refractivity contribution in [1.29, 1.82) is 0 Å². The van der Waals surface area contributed by atoms with E-state index in [1.807, 2.05) is 0 Å². The molecular weight excluding hydrogens is 262 g/mol. The lowest BCUT2D eigenvalue weighted by atomic mass is 10.1. The Bertz CT molecular complexity index is 558. The molecule has 1 saturated heterocycles. The zero-order valence-corrected chi connectivity index (χ0v) is 10.9. The minimum atomic E-state index is -1.18. The van der Waals surface area contributed by atoms with Crippen LogP contribution in [0.1, 0.15) is 6.92 Å². The van der Waals surface area contributed by atoms with Crippen molar-refractivity contribution in [2.24, 2.45) is 5.92 Å². The Labute approximate surface area is 115 Å². The highest BCUT2D eigenvalue weighted by Gasteiger charge is 2.23. The summed E-state index contributed by atoms with van der Waals surface area (Å²) in [6.07, 6.45) is 0. The van der Waals surface area contributed by atoms with E-state index in [0.29, 0.717) is 24.5 Å². The molecule has 20 heavy (non-hydrogen) atoms. The number of hydrogen-bond donors (Lipinski definition) is 3. The lowest BCUT2D eigenvalue weighted by Crippen LogP contribution is -2.28. The summed E-state index contributed by atoms with van der Waals surface area (Å²) in [6, 6.07) is 6.54. The van der Waals surface area contributed by atoms with E-state index < -0.39 is 17.8 Å². The van der Waals surface area contributed by atoms with Gasteiger partial charge in [0.05, 0.1) is 0 Å². The number of amides is 3. The molecule has 0 saturated carbocycles. The molecule has 1 aliphatic heterocycles. The summed E-state index contributed by atoms with van der Waals surface area (Å²) in [4.78, 5) is 35.5. The van der Waals surface area contributed by atoms with Crippen LogP contribution in [-0.4, -0.2) is 36.1 Å². The summed E-state index contributed by atoms with van der Waals surface area (Å²) >= 11 is 0. The fourth-order valence-corrected chi connectivity index (χ4v) is 1.83. The van der Waals surface area contributed by atoms with Crippen LogP contribution in [0.2, 0.25) is 0 Å². The first-order chi connectivity index (χ1) is 9.49. The predicted molar refractivity (Wildman–Crippen MR) is 72.6 cm³/mol. The zero-order valence-electron chi connectivity index (χ0n) is 10.9. The van der Waals surface area contributed by atoms with Gasteiger partial charge in [-0.05, 0) is 25.1 Å². The fraction of sp³-hybridized carbons (Fsp3) is 0.308. The molecule has 0 spiro atoms. The molecule has 106 valence electrons. The molecule has 1 heterocycles. The zero-order chi connectivity index (χ0) is 14.7. The molecule has 0 aliphatic carbocycles. The highest BCUT2D eigenvalue weighted by atomic mass is 16.4. The normalized spacial score (nSPS) is 15.7. The first-order valence-corrected chi connectivity index (χ1v) is 6.18. The molecule has 0 aromatic heterocycles. The van der Waals surface area contributed by atoms with Crippen molar-refractivity contribution in [2.45, 2.75) is 6.92 Å². The van der Waals surface area contributed by atoms with Crippen molar-refractivity contribution < 1.29 is 19.5 Å². The number of aliphatic carboxylic acids is 1. The average molecular weight is 277 g/mol. The summed E-state index contributed by atoms with van der Waals surface area (Å²) in [5.74, 6) is -2.91. The van der Waals surface area contributed by atoms with Gasteiger partial charge in [0.25, 0.3) is 0 Å². The molecule has 3 N–H and O–H groups in total. The second-order valence-corrected chi connectivity index (χ2v) is 4.48. The van der Waals surface area contributed by atoms with E-state index in [4.69, 9.17) is 5.11 Å². The van der Waals surface area contributed by atoms with Crippen LogP contribution in [-0.2, 0) is 9.59 Å². The van der Waals surface area contributed by atoms with Crippen molar-refractivity contribution in [2.75, 3.05) is 23.3 Å². The highest BCUT2D eigenvalue weighted by molar-refractivity contribution is 6.04. The number of nitrogens with one attached hydrogen (secondary N) is 2. The van der Waals surface area contributed by atoms with Crippen LogP contribution >= 0.6 is 0 Å². The fourth-order valence-electron chi connectivity index (χ4n) is 1.83. The second-order valence-electron chi connectivity index (χ2n) is 4.48. The number of carbonyl (C=O) groups excluding carboxylic acids is 2. The predicted octanol–water partition coefficient (Wildman–Crippen LogP) is 0.875. The Morgan fingerprint density at radius 1 is 1.45 bits per heavy atom. The molecule has 1 unspecified atom stereocenters. The van der Waals surface area contributed by atoms with Crippen molar-refractivity contribution in [3.05, 3.63) is 24.3 Å². The molecular formula is C13H15N3O4. The standard InChI is InChI=1S/C13H15N3O4/c1-8(12(18)19)11(17)15-9-3-2-4-10(7-9)16-6-5-14-13(16)20/h2-4,7-8H,5-6H2,1H3,(H,14,20)(H,15,17)(H,18,19). The number of urea groups is 1. The van der Waals surface area contributed by atoms with Crippen molar-refractivity contribution in [3.63, 3.8) is 0 Å². The van der Waals surface area contributed by atoms with E-state index >= 15 is 0 Å². The third-order valence-electron chi connectivity index (χ3n) is 3.05. The number of anilines is 2. The monoisotopic (exact) mass is 277 g/mol. The lowest BCUT2D eigenvalue weighted by molar-refractivity contribution is -0.144. The van der Waals surface area contributed by atoms with Gasteiger partial charge in [-0.2, -0.15) is 0 Å². The quantitative estimate of drug-likeness (QED) is 0.711. The number of carboxylic acids is 1. The Morgan fingerprint density at radius 3 is 2.80 bits per heavy atom. The Morgan fingerprint density at radius 2 is 2.20 bits per heavy atom. The van der Waals surface area contributed by atoms with Crippen molar-refractivity contribution in [3.8, 4) is 0 Å². The van der Waals surface area contributed by atoms with Gasteiger partial charge in [0.1, 0.15) is 5.92 Å². The van der Waals surface area contributed by atoms with E-state index in [2.05, 4.69) is 10.6 Å². The van der Waals surface area contributed by atoms with E-state index in [9.17, 15) is 14.4 Å². The lowest BCUT2D eigenvalue weighted by Gasteiger charge is -2.16. The Kier molecular flexibility index (Phi) is 3.88. The number of carboxylic acid groups (broad SMARTS) is 1. The molecule has 1 aliphatic rings. The van der Waals surface area contributed by atoms with Gasteiger partial charge in [-0.1, -0.05) is 6.07 Å². The topological polar surface area (TPSA) is 98.7 Å². The van der Waals surface area contributed by atoms with Gasteiger partial charge in [0.15, 0.2) is 0 Å². The van der Waals surface area contributed by atoms with Gasteiger partial charge in [-0.3, -0.25) is 14.5 Å². The first kappa shape index (κ1) is 13.9. The first-order valence-electron chi connectivity index (χ1n) is 6.18. The maximum atomic E-state index is 11.7. The van der Waals surface area contributed by atoms with E-state index in [0.717, 1.165) is 0 Å². The van der Waals surface area contributed by atoms with Crippen LogP contribution in [0.3, 0.4) is 0 Å². The molecule has 3 amide bonds. The minimum Gasteiger partial charge on any atom is -0.481 e. The summed E-state index contributed by atoms with van der Waals surface area (Å²) < 4.78 is 0. The molecule has 1 aromatic rings. The van der Waals surface area contributed by atoms with Gasteiger partial charge in [-0.15, -0.1) is 0 Å². The van der Waals surface area contributed by atoms with Crippen LogP contribution < -0.4 is 15.5 Å². The van der Waals surface area contributed by atoms with E-state index in [1.54, 1.807) is 29.2 Å². The van der Waals surface area contributed by atoms with E-state index in [-0.39, 0.29) is 6.03 Å². The third kappa shape index (κ3) is 2.87. The molecule has 0 radical (unpaired) electrons. The van der Waals surface area contributed by atoms with Crippen molar-refractivity contribution >= 4 is 29.3 Å². The largest absolute Gasteiger partial charge is 0.481 e. The minimum absolute atomic E-state index is 0.188. The van der Waals surface area contributed by atoms with Gasteiger partial charge < -0.3 is 15.7 Å². The molecule has 1 fully saturated rings. The second kappa shape index (κ2) is 5.60. The van der Waals surface area contributed by atoms with Gasteiger partial charge >= 0.3 is 12.0 Å². The SMILES string of the molecule is CC(C(=O)O)C(=O)Nc1cccc(N2CCNC2=O)c1. The maximum absolute atomic E-state index is 11.7. The van der Waals surface area contributed by atoms with Gasteiger partial charge in [0, 0.05) is 24.5 Å². The molecule has 2 rings (SSSR count). The number of rotatable bonds is 4. The maximum Gasteiger partial charge on any atom is 0.321 e. The number of hydrogen-bond acceptors (Lipinski definition) is 3. The van der Waals surface area contributed by atoms with Crippen LogP contribution in [0.4, 0.5) is 16.2 Å². The average Bonchev–Trinajstić information content (AvgIpc) is 2.84. The summed E-state index contributed by atoms with van der Waals surface area (Å²) in [5, 5.41) is 14.0. The molecule has 1 aromatic carbocycles. The van der Waals surface area contributed by atoms with Gasteiger partial charge in [0.2, 0.25) is 5.91 Å². The molecule has 1 atom stereocenters. The smallest absolute Gasteiger partial charge is 0.321 e. The summed E-state index contributed by atoms with van der Waals surface area (Å²) in [7, 11) is 0. The third-order valence-corrected chi connectivity index (χ3v) is 3.05.